The molecule has 6 rings (SSSR count). The fourth-order valence-electron chi connectivity index (χ4n) is 12.5. The quantitative estimate of drug-likeness (QED) is 0.0233. The minimum Gasteiger partial charge on any atom is -0.468 e. The van der Waals surface area contributed by atoms with Crippen LogP contribution in [-0.2, 0) is 67.6 Å². The molecule has 1 aliphatic heterocycles. The zero-order valence-electron chi connectivity index (χ0n) is 58.9. The van der Waals surface area contributed by atoms with Gasteiger partial charge in [-0.15, -0.1) is 11.6 Å². The molecule has 1 saturated carbocycles. The van der Waals surface area contributed by atoms with Gasteiger partial charge in [0.15, 0.2) is 48.0 Å². The predicted molar refractivity (Wildman–Crippen MR) is 365 cm³/mol. The molecule has 0 spiro atoms. The molecule has 5 aliphatic rings. The van der Waals surface area contributed by atoms with Crippen LogP contribution in [0.3, 0.4) is 0 Å². The van der Waals surface area contributed by atoms with E-state index < -0.39 is 83.2 Å². The van der Waals surface area contributed by atoms with Crippen LogP contribution in [0.15, 0.2) is 101 Å². The van der Waals surface area contributed by atoms with Crippen LogP contribution in [0.1, 0.15) is 147 Å². The molecule has 89 heavy (non-hydrogen) atoms. The van der Waals surface area contributed by atoms with Gasteiger partial charge in [0.25, 0.3) is 0 Å². The second-order valence-corrected chi connectivity index (χ2v) is 43.7. The summed E-state index contributed by atoms with van der Waals surface area (Å²) in [5.41, 5.74) is 3.67. The molecule has 4 aliphatic carbocycles. The van der Waals surface area contributed by atoms with Gasteiger partial charge >= 0.3 is 17.9 Å². The number of fused-ring (bicyclic) bond motifs is 3. The number of benzene rings is 1. The van der Waals surface area contributed by atoms with Crippen LogP contribution in [0.2, 0.25) is 57.4 Å². The van der Waals surface area contributed by atoms with Gasteiger partial charge < -0.3 is 37.3 Å². The number of ketones is 2. The fourth-order valence-corrected chi connectivity index (χ4v) is 17.0. The van der Waals surface area contributed by atoms with E-state index in [-0.39, 0.29) is 34.5 Å². The fraction of sp³-hybridized carbons (Fsp3) is 0.662. The molecule has 18 heteroatoms. The second kappa shape index (κ2) is 31.2. The largest absolute Gasteiger partial charge is 0.468 e. The van der Waals surface area contributed by atoms with Crippen LogP contribution in [0.5, 0.6) is 0 Å². The summed E-state index contributed by atoms with van der Waals surface area (Å²) in [6, 6.07) is 9.86. The Labute approximate surface area is 543 Å². The summed E-state index contributed by atoms with van der Waals surface area (Å²) in [4.78, 5) is 72.5. The first-order valence-corrected chi connectivity index (χ1v) is 42.0. The van der Waals surface area contributed by atoms with E-state index in [1.807, 2.05) is 76.5 Å². The molecule has 0 unspecified atom stereocenters. The third kappa shape index (κ3) is 18.8. The number of alkyl halides is 1. The Hall–Kier alpha value is -4.18. The topological polar surface area (TPSA) is 187 Å². The molecule has 1 aromatic rings. The van der Waals surface area contributed by atoms with E-state index in [0.29, 0.717) is 49.5 Å². The Morgan fingerprint density at radius 1 is 0.854 bits per heavy atom. The number of hydrogen-bond acceptors (Lipinski definition) is 14. The summed E-state index contributed by atoms with van der Waals surface area (Å²) in [6.45, 7) is 56.7. The van der Waals surface area contributed by atoms with Gasteiger partial charge in [-0.3, -0.25) is 19.2 Å². The molecule has 2 fully saturated rings. The molecule has 12 atom stereocenters. The van der Waals surface area contributed by atoms with Crippen LogP contribution >= 0.6 is 11.6 Å². The molecule has 0 amide bonds. The number of Topliss-reactive ketones (excluding diaryl/α,β-unsaturated/α-hetero) is 2. The molecule has 1 saturated heterocycles. The standard InChI is InChI=1S/C26H36O5Si.C21H34O5Si.C16H29ClOSi.C8H14O3/c1-16-13-20-17(2)14-21(29-15-19-11-9-8-10-12-19)26(28)23(22(20)18(16)3)30-24(27)25(26,4)31-32(5,6)7;1-13-11-17(18(12-22)16(13)4)14(2)10-15(3)19(23)21(5,20(24)25-6)26-27(7,8)9;1-12-8-9-14(13(2)11-17)10-15(12)18-19(6,7)16(3,4)5;1-5-6(9)8(2,3)7(10)11-4/h8-12,16,20-21,23,28H,2,13-15H2,1,3-7H3;12-13,15,17H,2,10-11H2,1,3-9H3;8,14-15H,2,9-11H2,1,3-7H3;5H2,1-4H3/t16-,20-,21+,23-,25-,26+;13-,15+,17-,21+;14-,15-;/m111./s1. The second-order valence-electron chi connectivity index (χ2n) is 29.8. The number of halogens is 1. The molecular weight excluding hydrogens is 1200 g/mol. The van der Waals surface area contributed by atoms with E-state index in [4.69, 9.17) is 39.1 Å². The number of aldehydes is 1. The van der Waals surface area contributed by atoms with Gasteiger partial charge in [0.2, 0.25) is 5.60 Å². The van der Waals surface area contributed by atoms with Crippen molar-refractivity contribution < 1.29 is 66.1 Å². The third-order valence-electron chi connectivity index (χ3n) is 19.2. The van der Waals surface area contributed by atoms with Gasteiger partial charge in [0.1, 0.15) is 17.5 Å². The third-order valence-corrected chi connectivity index (χ3v) is 26.1. The summed E-state index contributed by atoms with van der Waals surface area (Å²) in [5, 5.41) is 12.8. The van der Waals surface area contributed by atoms with Crippen molar-refractivity contribution in [1.29, 1.82) is 0 Å². The van der Waals surface area contributed by atoms with Gasteiger partial charge in [0, 0.05) is 30.1 Å². The van der Waals surface area contributed by atoms with E-state index in [1.165, 1.54) is 32.3 Å². The smallest absolute Gasteiger partial charge is 0.344 e. The minimum absolute atomic E-state index is 0.0324. The van der Waals surface area contributed by atoms with Crippen LogP contribution in [0.4, 0.5) is 0 Å². The minimum atomic E-state index is -2.23. The number of esters is 3. The van der Waals surface area contributed by atoms with Crippen LogP contribution < -0.4 is 0 Å². The SMILES string of the molecule is C=C(CCl)[C@@H]1CC=C(C)[C@H](O[Si](C)(C)C(C)(C)C)C1.C=C(C[C@H](C)C(=O)[C@](C)(O[Si](C)(C)C)C(=O)OC)[C@H]1C[C@@H](C)C(C)=C1C=O.C=C1C[C@H](OCc2ccccc2)[C@]2(O)[C@H](OC(=O)[C@@]2(C)O[Si](C)(C)C)C2=C(C)[C@H](C)C[C@H]12.CCC(=O)C(C)(C)C(=O)OC. The first kappa shape index (κ1) is 79.1. The monoisotopic (exact) mass is 1310 g/mol. The Bertz CT molecular complexity index is 2830. The van der Waals surface area contributed by atoms with E-state index in [0.717, 1.165) is 71.0 Å². The first-order chi connectivity index (χ1) is 40.7. The van der Waals surface area contributed by atoms with Crippen LogP contribution in [-0.4, -0.2) is 121 Å². The molecule has 14 nitrogen and oxygen atoms in total. The number of carbonyl (C=O) groups is 6. The Morgan fingerprint density at radius 3 is 1.91 bits per heavy atom. The summed E-state index contributed by atoms with van der Waals surface area (Å²) in [7, 11) is -3.58. The van der Waals surface area contributed by atoms with Gasteiger partial charge in [-0.1, -0.05) is 132 Å². The van der Waals surface area contributed by atoms with E-state index in [1.54, 1.807) is 34.6 Å². The number of ether oxygens (including phenoxy) is 4. The molecule has 1 N–H and O–H groups in total. The highest BCUT2D eigenvalue weighted by molar-refractivity contribution is 6.74. The lowest BCUT2D eigenvalue weighted by atomic mass is 9.75. The van der Waals surface area contributed by atoms with Gasteiger partial charge in [0.05, 0.1) is 33.0 Å². The lowest BCUT2D eigenvalue weighted by Gasteiger charge is -2.44. The van der Waals surface area contributed by atoms with Crippen molar-refractivity contribution in [3.63, 3.8) is 0 Å². The average Bonchev–Trinajstić information content (AvgIpc) is 1.59. The molecule has 0 bridgehead atoms. The molecule has 1 aromatic carbocycles. The predicted octanol–water partition coefficient (Wildman–Crippen LogP) is 15.6. The van der Waals surface area contributed by atoms with Crippen molar-refractivity contribution in [1.82, 2.24) is 0 Å². The highest BCUT2D eigenvalue weighted by atomic mass is 35.5. The number of hydrogen-bond donors (Lipinski definition) is 1. The molecule has 0 aromatic heterocycles. The highest BCUT2D eigenvalue weighted by Gasteiger charge is 2.73. The van der Waals surface area contributed by atoms with Crippen molar-refractivity contribution >= 4 is 72.3 Å². The molecule has 500 valence electrons. The van der Waals surface area contributed by atoms with Crippen molar-refractivity contribution in [3.8, 4) is 0 Å². The molecule has 0 radical (unpaired) electrons. The van der Waals surface area contributed by atoms with Crippen LogP contribution in [0, 0.1) is 40.9 Å². The van der Waals surface area contributed by atoms with Crippen molar-refractivity contribution in [2.45, 2.75) is 241 Å². The van der Waals surface area contributed by atoms with E-state index in [2.05, 4.69) is 92.1 Å². The number of carbonyl (C=O) groups excluding carboxylic acids is 6. The van der Waals surface area contributed by atoms with Gasteiger partial charge in [-0.05, 0) is 184 Å². The lowest BCUT2D eigenvalue weighted by Crippen LogP contribution is -2.66. The summed E-state index contributed by atoms with van der Waals surface area (Å²) in [5.74, 6) is -0.759. The molecular formula is C71H113ClO14Si3. The Balaban J connectivity index is 0.000000330. The Morgan fingerprint density at radius 2 is 1.42 bits per heavy atom. The first-order valence-electron chi connectivity index (χ1n) is 31.7. The van der Waals surface area contributed by atoms with Gasteiger partial charge in [-0.25, -0.2) is 9.59 Å². The van der Waals surface area contributed by atoms with Gasteiger partial charge in [-0.2, -0.15) is 0 Å². The lowest BCUT2D eigenvalue weighted by molar-refractivity contribution is -0.192. The zero-order valence-corrected chi connectivity index (χ0v) is 62.6. The molecule has 1 heterocycles. The maximum atomic E-state index is 13.4. The summed E-state index contributed by atoms with van der Waals surface area (Å²) >= 11 is 5.92. The number of aliphatic hydroxyl groups is 1. The normalized spacial score (nSPS) is 27.2. The number of rotatable bonds is 21. The van der Waals surface area contributed by atoms with Crippen molar-refractivity contribution in [3.05, 3.63) is 106 Å². The number of allylic oxidation sites excluding steroid dienone is 6. The zero-order chi connectivity index (χ0) is 68.5. The maximum Gasteiger partial charge on any atom is 0.344 e. The highest BCUT2D eigenvalue weighted by Crippen LogP contribution is 2.57. The summed E-state index contributed by atoms with van der Waals surface area (Å²) < 4.78 is 40.7. The van der Waals surface area contributed by atoms with Crippen molar-refractivity contribution in [2.75, 3.05) is 20.1 Å². The maximum absolute atomic E-state index is 13.4. The van der Waals surface area contributed by atoms with E-state index in [9.17, 15) is 33.9 Å². The Kier molecular flexibility index (Phi) is 27.7. The van der Waals surface area contributed by atoms with Crippen LogP contribution in [0.25, 0.3) is 0 Å². The average molecular weight is 1310 g/mol. The number of methoxy groups -OCH3 is 2. The van der Waals surface area contributed by atoms with Crippen molar-refractivity contribution in [2.24, 2.45) is 40.9 Å². The van der Waals surface area contributed by atoms with E-state index >= 15 is 0 Å². The summed E-state index contributed by atoms with van der Waals surface area (Å²) in [6.07, 6.45) is 7.06.